The summed E-state index contributed by atoms with van der Waals surface area (Å²) in [4.78, 5) is 18.4. The van der Waals surface area contributed by atoms with Gasteiger partial charge in [0.2, 0.25) is 0 Å². The standard InChI is InChI=1S/C17H20N2O2S/c20-13-8-10(15-6-3-7-22-15)9-14(21)16(13)17-18-11-4-1-2-5-12(11)19-17/h3,6-7,10-12,20H,1-2,4-5,8-9H2,(H,18,19). The van der Waals surface area contributed by atoms with Crippen LogP contribution in [0, 0.1) is 0 Å². The van der Waals surface area contributed by atoms with Crippen LogP contribution in [0.1, 0.15) is 49.3 Å². The van der Waals surface area contributed by atoms with E-state index in [2.05, 4.69) is 5.32 Å². The van der Waals surface area contributed by atoms with E-state index in [-0.39, 0.29) is 23.5 Å². The molecule has 1 saturated carbocycles. The molecule has 0 spiro atoms. The highest BCUT2D eigenvalue weighted by molar-refractivity contribution is 7.10. The summed E-state index contributed by atoms with van der Waals surface area (Å²) in [7, 11) is 0. The number of hydrogen-bond acceptors (Lipinski definition) is 5. The Morgan fingerprint density at radius 1 is 1.27 bits per heavy atom. The van der Waals surface area contributed by atoms with Crippen LogP contribution in [0.15, 0.2) is 33.8 Å². The molecule has 2 heterocycles. The van der Waals surface area contributed by atoms with Gasteiger partial charge in [-0.05, 0) is 24.3 Å². The zero-order chi connectivity index (χ0) is 15.1. The van der Waals surface area contributed by atoms with Gasteiger partial charge in [-0.15, -0.1) is 11.3 Å². The lowest BCUT2D eigenvalue weighted by Gasteiger charge is -2.24. The average molecular weight is 316 g/mol. The smallest absolute Gasteiger partial charge is 0.170 e. The molecule has 5 heteroatoms. The Balaban J connectivity index is 1.59. The van der Waals surface area contributed by atoms with E-state index in [9.17, 15) is 9.90 Å². The van der Waals surface area contributed by atoms with Crippen LogP contribution in [0.4, 0.5) is 0 Å². The Morgan fingerprint density at radius 3 is 2.86 bits per heavy atom. The second-order valence-electron chi connectivity index (χ2n) is 6.45. The van der Waals surface area contributed by atoms with Gasteiger partial charge in [-0.3, -0.25) is 9.79 Å². The summed E-state index contributed by atoms with van der Waals surface area (Å²) < 4.78 is 0. The molecule has 4 nitrogen and oxygen atoms in total. The van der Waals surface area contributed by atoms with Crippen molar-refractivity contribution >= 4 is 23.0 Å². The van der Waals surface area contributed by atoms with E-state index in [0.29, 0.717) is 30.3 Å². The van der Waals surface area contributed by atoms with Gasteiger partial charge in [0.1, 0.15) is 11.6 Å². The molecule has 1 fully saturated rings. The summed E-state index contributed by atoms with van der Waals surface area (Å²) in [6, 6.07) is 4.67. The molecule has 2 N–H and O–H groups in total. The van der Waals surface area contributed by atoms with Crippen LogP contribution in [0.5, 0.6) is 0 Å². The van der Waals surface area contributed by atoms with Crippen molar-refractivity contribution in [2.45, 2.75) is 56.5 Å². The first-order valence-corrected chi connectivity index (χ1v) is 8.94. The molecule has 3 aliphatic rings. The fourth-order valence-electron chi connectivity index (χ4n) is 3.84. The first-order valence-electron chi connectivity index (χ1n) is 8.06. The molecular weight excluding hydrogens is 296 g/mol. The second-order valence-corrected chi connectivity index (χ2v) is 7.43. The summed E-state index contributed by atoms with van der Waals surface area (Å²) in [6.07, 6.45) is 5.63. The van der Waals surface area contributed by atoms with Crippen molar-refractivity contribution in [1.82, 2.24) is 5.32 Å². The van der Waals surface area contributed by atoms with E-state index in [1.165, 1.54) is 17.7 Å². The summed E-state index contributed by atoms with van der Waals surface area (Å²) >= 11 is 1.65. The van der Waals surface area contributed by atoms with Crippen molar-refractivity contribution in [2.75, 3.05) is 0 Å². The Labute approximate surface area is 134 Å². The number of rotatable bonds is 2. The number of carbonyl (C=O) groups is 1. The van der Waals surface area contributed by atoms with Gasteiger partial charge < -0.3 is 10.4 Å². The van der Waals surface area contributed by atoms with Crippen molar-refractivity contribution in [3.8, 4) is 0 Å². The number of carbonyl (C=O) groups excluding carboxylic acids is 1. The molecule has 3 atom stereocenters. The Morgan fingerprint density at radius 2 is 2.14 bits per heavy atom. The first-order chi connectivity index (χ1) is 10.7. The number of allylic oxidation sites excluding steroid dienone is 1. The average Bonchev–Trinajstić information content (AvgIpc) is 3.16. The summed E-state index contributed by atoms with van der Waals surface area (Å²) in [6.45, 7) is 0. The highest BCUT2D eigenvalue weighted by Crippen LogP contribution is 2.37. The number of hydrogen-bond donors (Lipinski definition) is 2. The number of nitrogens with one attached hydrogen (secondary N) is 1. The predicted octanol–water partition coefficient (Wildman–Crippen LogP) is 3.32. The highest BCUT2D eigenvalue weighted by Gasteiger charge is 2.37. The molecule has 2 aliphatic carbocycles. The monoisotopic (exact) mass is 316 g/mol. The van der Waals surface area contributed by atoms with Gasteiger partial charge in [-0.25, -0.2) is 0 Å². The van der Waals surface area contributed by atoms with Crippen LogP contribution < -0.4 is 5.32 Å². The van der Waals surface area contributed by atoms with E-state index in [1.54, 1.807) is 11.3 Å². The minimum absolute atomic E-state index is 0.0204. The number of thiophene rings is 1. The first kappa shape index (κ1) is 14.0. The van der Waals surface area contributed by atoms with Gasteiger partial charge in [-0.1, -0.05) is 18.9 Å². The van der Waals surface area contributed by atoms with Crippen LogP contribution in [0.3, 0.4) is 0 Å². The molecular formula is C17H20N2O2S. The SMILES string of the molecule is O=C1CC(c2cccs2)CC(O)=C1C1=NC2CCCCC2N1. The van der Waals surface area contributed by atoms with Crippen molar-refractivity contribution in [3.05, 3.63) is 33.7 Å². The number of fused-ring (bicyclic) bond motifs is 1. The fraction of sp³-hybridized carbons (Fsp3) is 0.529. The van der Waals surface area contributed by atoms with Crippen molar-refractivity contribution in [2.24, 2.45) is 4.99 Å². The van der Waals surface area contributed by atoms with Crippen LogP contribution in [0.2, 0.25) is 0 Å². The third-order valence-corrected chi connectivity index (χ3v) is 6.00. The molecule has 0 bridgehead atoms. The molecule has 1 aliphatic heterocycles. The normalized spacial score (nSPS) is 31.7. The van der Waals surface area contributed by atoms with E-state index in [4.69, 9.17) is 4.99 Å². The maximum atomic E-state index is 12.6. The molecule has 22 heavy (non-hydrogen) atoms. The van der Waals surface area contributed by atoms with Crippen LogP contribution in [-0.4, -0.2) is 28.8 Å². The minimum atomic E-state index is 0.0204. The van der Waals surface area contributed by atoms with E-state index < -0.39 is 0 Å². The zero-order valence-electron chi connectivity index (χ0n) is 12.4. The minimum Gasteiger partial charge on any atom is -0.511 e. The van der Waals surface area contributed by atoms with Crippen molar-refractivity contribution in [3.63, 3.8) is 0 Å². The van der Waals surface area contributed by atoms with E-state index >= 15 is 0 Å². The fourth-order valence-corrected chi connectivity index (χ4v) is 4.67. The van der Waals surface area contributed by atoms with E-state index in [1.807, 2.05) is 17.5 Å². The third-order valence-electron chi connectivity index (χ3n) is 4.97. The number of Topliss-reactive ketones (excluding diaryl/α,β-unsaturated/α-hetero) is 1. The Bertz CT molecular complexity index is 648. The lowest BCUT2D eigenvalue weighted by atomic mass is 9.85. The maximum Gasteiger partial charge on any atom is 0.170 e. The molecule has 0 radical (unpaired) electrons. The molecule has 1 aromatic rings. The molecule has 3 unspecified atom stereocenters. The van der Waals surface area contributed by atoms with Gasteiger partial charge in [-0.2, -0.15) is 0 Å². The molecule has 116 valence electrons. The highest BCUT2D eigenvalue weighted by atomic mass is 32.1. The predicted molar refractivity (Wildman–Crippen MR) is 87.6 cm³/mol. The number of nitrogens with zero attached hydrogens (tertiary/aromatic N) is 1. The summed E-state index contributed by atoms with van der Waals surface area (Å²) in [5.74, 6) is 0.983. The molecule has 0 aromatic carbocycles. The molecule has 0 saturated heterocycles. The number of aliphatic hydroxyl groups excluding tert-OH is 1. The molecule has 1 aromatic heterocycles. The van der Waals surface area contributed by atoms with Crippen LogP contribution in [0.25, 0.3) is 0 Å². The van der Waals surface area contributed by atoms with Gasteiger partial charge in [0.15, 0.2) is 5.78 Å². The van der Waals surface area contributed by atoms with Crippen LogP contribution in [-0.2, 0) is 4.79 Å². The van der Waals surface area contributed by atoms with Gasteiger partial charge in [0, 0.05) is 29.7 Å². The maximum absolute atomic E-state index is 12.6. The van der Waals surface area contributed by atoms with E-state index in [0.717, 1.165) is 12.8 Å². The Hall–Kier alpha value is -1.62. The zero-order valence-corrected chi connectivity index (χ0v) is 13.2. The van der Waals surface area contributed by atoms with Gasteiger partial charge >= 0.3 is 0 Å². The van der Waals surface area contributed by atoms with Gasteiger partial charge in [0.05, 0.1) is 11.6 Å². The Kier molecular flexibility index (Phi) is 3.53. The summed E-state index contributed by atoms with van der Waals surface area (Å²) in [5.41, 5.74) is 0.446. The van der Waals surface area contributed by atoms with Gasteiger partial charge in [0.25, 0.3) is 0 Å². The third kappa shape index (κ3) is 2.37. The topological polar surface area (TPSA) is 61.7 Å². The van der Waals surface area contributed by atoms with Crippen LogP contribution >= 0.6 is 11.3 Å². The number of aliphatic hydroxyl groups is 1. The largest absolute Gasteiger partial charge is 0.511 e. The second kappa shape index (κ2) is 5.54. The number of aliphatic imine (C=N–C) groups is 1. The lowest BCUT2D eigenvalue weighted by Crippen LogP contribution is -2.39. The quantitative estimate of drug-likeness (QED) is 0.880. The lowest BCUT2D eigenvalue weighted by molar-refractivity contribution is -0.116. The van der Waals surface area contributed by atoms with Crippen molar-refractivity contribution in [1.29, 1.82) is 0 Å². The molecule has 0 amide bonds. The summed E-state index contributed by atoms with van der Waals surface area (Å²) in [5, 5.41) is 15.8. The number of amidine groups is 1. The number of ketones is 1. The molecule has 4 rings (SSSR count). The van der Waals surface area contributed by atoms with Crippen molar-refractivity contribution < 1.29 is 9.90 Å².